The van der Waals surface area contributed by atoms with Crippen LogP contribution < -0.4 is 11.5 Å². The Labute approximate surface area is 108 Å². The Morgan fingerprint density at radius 3 is 2.32 bits per heavy atom. The summed E-state index contributed by atoms with van der Waals surface area (Å²) in [5, 5.41) is 0. The normalized spacial score (nSPS) is 10.4. The van der Waals surface area contributed by atoms with Gasteiger partial charge in [0.05, 0.1) is 6.26 Å². The standard InChI is InChI=1S/C12H12N4O3/c1-5-3-4-19-9(5)7-6(2)8(10(13)17)16-12(15-7)11(14)18/h3-4H,1-2H3,(H2,13,17)(H2,14,18). The molecule has 0 aliphatic rings. The Bertz CT molecular complexity index is 676. The van der Waals surface area contributed by atoms with Crippen LogP contribution in [0.3, 0.4) is 0 Å². The second kappa shape index (κ2) is 4.52. The third-order valence-electron chi connectivity index (χ3n) is 2.68. The van der Waals surface area contributed by atoms with Gasteiger partial charge in [-0.05, 0) is 25.5 Å². The molecule has 7 heteroatoms. The summed E-state index contributed by atoms with van der Waals surface area (Å²) in [6.07, 6.45) is 1.49. The topological polar surface area (TPSA) is 125 Å². The maximum Gasteiger partial charge on any atom is 0.286 e. The van der Waals surface area contributed by atoms with Gasteiger partial charge in [0.1, 0.15) is 11.4 Å². The molecule has 2 heterocycles. The Kier molecular flexibility index (Phi) is 3.04. The van der Waals surface area contributed by atoms with Crippen molar-refractivity contribution in [3.63, 3.8) is 0 Å². The van der Waals surface area contributed by atoms with Crippen LogP contribution in [0.1, 0.15) is 32.2 Å². The zero-order valence-corrected chi connectivity index (χ0v) is 10.4. The highest BCUT2D eigenvalue weighted by Crippen LogP contribution is 2.26. The smallest absolute Gasteiger partial charge is 0.286 e. The molecule has 7 nitrogen and oxygen atoms in total. The molecular formula is C12H12N4O3. The number of furan rings is 1. The molecule has 0 radical (unpaired) electrons. The number of aromatic nitrogens is 2. The Balaban J connectivity index is 2.76. The number of carbonyl (C=O) groups is 2. The molecule has 98 valence electrons. The first kappa shape index (κ1) is 12.7. The van der Waals surface area contributed by atoms with Gasteiger partial charge in [-0.2, -0.15) is 0 Å². The Morgan fingerprint density at radius 2 is 1.84 bits per heavy atom. The average molecular weight is 260 g/mol. The molecule has 2 amide bonds. The summed E-state index contributed by atoms with van der Waals surface area (Å²) >= 11 is 0. The highest BCUT2D eigenvalue weighted by molar-refractivity contribution is 5.96. The van der Waals surface area contributed by atoms with Crippen LogP contribution >= 0.6 is 0 Å². The number of rotatable bonds is 3. The number of nitrogens with zero attached hydrogens (tertiary/aromatic N) is 2. The van der Waals surface area contributed by atoms with Crippen LogP contribution in [0.15, 0.2) is 16.7 Å². The number of nitrogens with two attached hydrogens (primary N) is 2. The predicted molar refractivity (Wildman–Crippen MR) is 66.2 cm³/mol. The van der Waals surface area contributed by atoms with Crippen LogP contribution in [0.5, 0.6) is 0 Å². The maximum absolute atomic E-state index is 11.4. The van der Waals surface area contributed by atoms with Gasteiger partial charge in [-0.1, -0.05) is 0 Å². The lowest BCUT2D eigenvalue weighted by Gasteiger charge is -2.08. The van der Waals surface area contributed by atoms with Crippen molar-refractivity contribution in [1.82, 2.24) is 9.97 Å². The van der Waals surface area contributed by atoms with Crippen molar-refractivity contribution in [3.05, 3.63) is 35.0 Å². The van der Waals surface area contributed by atoms with E-state index in [0.29, 0.717) is 17.0 Å². The summed E-state index contributed by atoms with van der Waals surface area (Å²) in [5.74, 6) is -1.42. The maximum atomic E-state index is 11.4. The molecule has 0 saturated carbocycles. The molecule has 19 heavy (non-hydrogen) atoms. The van der Waals surface area contributed by atoms with Crippen molar-refractivity contribution >= 4 is 11.8 Å². The number of amides is 2. The van der Waals surface area contributed by atoms with Crippen LogP contribution in [-0.2, 0) is 0 Å². The summed E-state index contributed by atoms with van der Waals surface area (Å²) in [6.45, 7) is 3.44. The van der Waals surface area contributed by atoms with Gasteiger partial charge in [0.15, 0.2) is 5.76 Å². The van der Waals surface area contributed by atoms with Crippen LogP contribution in [0.4, 0.5) is 0 Å². The number of primary amides is 2. The molecular weight excluding hydrogens is 248 g/mol. The lowest BCUT2D eigenvalue weighted by atomic mass is 10.1. The summed E-state index contributed by atoms with van der Waals surface area (Å²) in [4.78, 5) is 30.4. The van der Waals surface area contributed by atoms with Crippen LogP contribution in [-0.4, -0.2) is 21.8 Å². The molecule has 2 rings (SSSR count). The number of aryl methyl sites for hydroxylation is 1. The van der Waals surface area contributed by atoms with Crippen LogP contribution in [0, 0.1) is 13.8 Å². The van der Waals surface area contributed by atoms with E-state index in [-0.39, 0.29) is 11.5 Å². The zero-order chi connectivity index (χ0) is 14.2. The summed E-state index contributed by atoms with van der Waals surface area (Å²) < 4.78 is 5.31. The highest BCUT2D eigenvalue weighted by atomic mass is 16.3. The summed E-state index contributed by atoms with van der Waals surface area (Å²) in [6, 6.07) is 1.74. The first-order chi connectivity index (χ1) is 8.91. The highest BCUT2D eigenvalue weighted by Gasteiger charge is 2.20. The molecule has 2 aromatic heterocycles. The van der Waals surface area contributed by atoms with Gasteiger partial charge in [-0.15, -0.1) is 0 Å². The SMILES string of the molecule is Cc1ccoc1-c1nc(C(N)=O)nc(C(N)=O)c1C. The minimum atomic E-state index is -0.840. The predicted octanol–water partition coefficient (Wildman–Crippen LogP) is 0.551. The quantitative estimate of drug-likeness (QED) is 0.833. The average Bonchev–Trinajstić information content (AvgIpc) is 2.75. The lowest BCUT2D eigenvalue weighted by Crippen LogP contribution is -2.22. The van der Waals surface area contributed by atoms with Crippen molar-refractivity contribution < 1.29 is 14.0 Å². The molecule has 0 unspecified atom stereocenters. The Hall–Kier alpha value is -2.70. The van der Waals surface area contributed by atoms with Gasteiger partial charge in [0.25, 0.3) is 11.8 Å². The van der Waals surface area contributed by atoms with Gasteiger partial charge in [0, 0.05) is 5.56 Å². The van der Waals surface area contributed by atoms with E-state index in [4.69, 9.17) is 15.9 Å². The monoisotopic (exact) mass is 260 g/mol. The van der Waals surface area contributed by atoms with E-state index >= 15 is 0 Å². The molecule has 0 aromatic carbocycles. The van der Waals surface area contributed by atoms with E-state index in [1.165, 1.54) is 6.26 Å². The van der Waals surface area contributed by atoms with Gasteiger partial charge in [-0.25, -0.2) is 9.97 Å². The zero-order valence-electron chi connectivity index (χ0n) is 10.4. The largest absolute Gasteiger partial charge is 0.462 e. The Morgan fingerprint density at radius 1 is 1.16 bits per heavy atom. The molecule has 0 fully saturated rings. The van der Waals surface area contributed by atoms with Crippen molar-refractivity contribution in [1.29, 1.82) is 0 Å². The summed E-state index contributed by atoms with van der Waals surface area (Å²) in [7, 11) is 0. The second-order valence-electron chi connectivity index (χ2n) is 4.03. The number of hydrogen-bond donors (Lipinski definition) is 2. The molecule has 0 saturated heterocycles. The van der Waals surface area contributed by atoms with E-state index < -0.39 is 11.8 Å². The second-order valence-corrected chi connectivity index (χ2v) is 4.03. The van der Waals surface area contributed by atoms with Crippen LogP contribution in [0.25, 0.3) is 11.5 Å². The van der Waals surface area contributed by atoms with Crippen molar-refractivity contribution in [2.75, 3.05) is 0 Å². The van der Waals surface area contributed by atoms with E-state index in [1.807, 2.05) is 6.92 Å². The first-order valence-corrected chi connectivity index (χ1v) is 5.44. The van der Waals surface area contributed by atoms with E-state index in [9.17, 15) is 9.59 Å². The molecule has 4 N–H and O–H groups in total. The molecule has 0 spiro atoms. The van der Waals surface area contributed by atoms with Crippen molar-refractivity contribution in [3.8, 4) is 11.5 Å². The number of hydrogen-bond acceptors (Lipinski definition) is 5. The van der Waals surface area contributed by atoms with Gasteiger partial charge in [-0.3, -0.25) is 9.59 Å². The molecule has 0 aliphatic carbocycles. The number of carbonyl (C=O) groups excluding carboxylic acids is 2. The van der Waals surface area contributed by atoms with Gasteiger partial charge < -0.3 is 15.9 Å². The first-order valence-electron chi connectivity index (χ1n) is 5.44. The van der Waals surface area contributed by atoms with Crippen LogP contribution in [0.2, 0.25) is 0 Å². The summed E-state index contributed by atoms with van der Waals surface area (Å²) in [5.41, 5.74) is 11.9. The fraction of sp³-hybridized carbons (Fsp3) is 0.167. The third kappa shape index (κ3) is 2.17. The fourth-order valence-corrected chi connectivity index (χ4v) is 1.70. The van der Waals surface area contributed by atoms with Crippen molar-refractivity contribution in [2.24, 2.45) is 11.5 Å². The van der Waals surface area contributed by atoms with E-state index in [0.717, 1.165) is 5.56 Å². The van der Waals surface area contributed by atoms with Gasteiger partial charge in [0.2, 0.25) is 5.82 Å². The third-order valence-corrected chi connectivity index (χ3v) is 2.68. The fourth-order valence-electron chi connectivity index (χ4n) is 1.70. The lowest BCUT2D eigenvalue weighted by molar-refractivity contribution is 0.0987. The molecule has 2 aromatic rings. The molecule has 0 bridgehead atoms. The molecule has 0 aliphatic heterocycles. The van der Waals surface area contributed by atoms with Gasteiger partial charge >= 0.3 is 0 Å². The minimum absolute atomic E-state index is 0.0467. The van der Waals surface area contributed by atoms with E-state index in [2.05, 4.69) is 9.97 Å². The molecule has 0 atom stereocenters. The van der Waals surface area contributed by atoms with E-state index in [1.54, 1.807) is 13.0 Å². The van der Waals surface area contributed by atoms with Crippen molar-refractivity contribution in [2.45, 2.75) is 13.8 Å². The minimum Gasteiger partial charge on any atom is -0.462 e.